The van der Waals surface area contributed by atoms with Crippen molar-refractivity contribution in [3.8, 4) is 5.88 Å². The zero-order valence-corrected chi connectivity index (χ0v) is 9.59. The second kappa shape index (κ2) is 4.33. The Hall–Kier alpha value is -0.860. The van der Waals surface area contributed by atoms with E-state index >= 15 is 0 Å². The number of carbonyl (C=O) groups excluding carboxylic acids is 1. The van der Waals surface area contributed by atoms with Crippen molar-refractivity contribution in [2.75, 3.05) is 0 Å². The zero-order chi connectivity index (χ0) is 11.6. The Balaban J connectivity index is 3.11. The van der Waals surface area contributed by atoms with E-state index in [4.69, 9.17) is 0 Å². The van der Waals surface area contributed by atoms with Gasteiger partial charge < -0.3 is 4.74 Å². The molecular formula is C8H5F3INO2. The summed E-state index contributed by atoms with van der Waals surface area (Å²) in [6.07, 6.45) is -4.25. The van der Waals surface area contributed by atoms with Gasteiger partial charge in [-0.1, -0.05) is 0 Å². The van der Waals surface area contributed by atoms with Gasteiger partial charge in [0, 0.05) is 5.56 Å². The molecular weight excluding hydrogens is 326 g/mol. The van der Waals surface area contributed by atoms with Crippen LogP contribution in [0.3, 0.4) is 0 Å². The van der Waals surface area contributed by atoms with Crippen molar-refractivity contribution in [3.63, 3.8) is 0 Å². The molecule has 0 aromatic carbocycles. The Kier molecular flexibility index (Phi) is 3.53. The van der Waals surface area contributed by atoms with Crippen molar-refractivity contribution in [2.24, 2.45) is 0 Å². The average molecular weight is 331 g/mol. The van der Waals surface area contributed by atoms with E-state index in [-0.39, 0.29) is 14.8 Å². The predicted octanol–water partition coefficient (Wildman–Crippen LogP) is 2.71. The molecule has 0 bridgehead atoms. The molecule has 0 aliphatic carbocycles. The molecule has 1 heterocycles. The van der Waals surface area contributed by atoms with E-state index in [1.54, 1.807) is 22.6 Å². The summed E-state index contributed by atoms with van der Waals surface area (Å²) in [7, 11) is 0. The fourth-order valence-electron chi connectivity index (χ4n) is 0.873. The minimum atomic E-state index is -4.78. The summed E-state index contributed by atoms with van der Waals surface area (Å²) in [5, 5.41) is 0. The maximum Gasteiger partial charge on any atom is 0.574 e. The molecule has 0 spiro atoms. The number of hydrogen-bond acceptors (Lipinski definition) is 3. The molecule has 0 aliphatic rings. The van der Waals surface area contributed by atoms with E-state index in [9.17, 15) is 18.0 Å². The highest BCUT2D eigenvalue weighted by Crippen LogP contribution is 2.26. The Morgan fingerprint density at radius 3 is 2.60 bits per heavy atom. The molecule has 0 atom stereocenters. The standard InChI is InChI=1S/C8H5F3INO2/c1-4-5(3-14)2-6(12)7(13-4)15-8(9,10)11/h2-3H,1H3. The normalized spacial score (nSPS) is 11.3. The van der Waals surface area contributed by atoms with Gasteiger partial charge in [-0.2, -0.15) is 0 Å². The lowest BCUT2D eigenvalue weighted by atomic mass is 10.2. The van der Waals surface area contributed by atoms with Gasteiger partial charge in [-0.25, -0.2) is 4.98 Å². The molecule has 7 heteroatoms. The second-order valence-electron chi connectivity index (χ2n) is 2.62. The SMILES string of the molecule is Cc1nc(OC(F)(F)F)c(I)cc1C=O. The first-order chi connectivity index (χ1) is 6.83. The number of pyridine rings is 1. The third-order valence-corrected chi connectivity index (χ3v) is 2.29. The summed E-state index contributed by atoms with van der Waals surface area (Å²) >= 11 is 1.62. The van der Waals surface area contributed by atoms with Gasteiger partial charge >= 0.3 is 6.36 Å². The Morgan fingerprint density at radius 2 is 2.13 bits per heavy atom. The van der Waals surface area contributed by atoms with Crippen LogP contribution in [-0.2, 0) is 0 Å². The number of aryl methyl sites for hydroxylation is 1. The number of nitrogens with zero attached hydrogens (tertiary/aromatic N) is 1. The van der Waals surface area contributed by atoms with Crippen LogP contribution in [-0.4, -0.2) is 17.6 Å². The van der Waals surface area contributed by atoms with Gasteiger partial charge in [0.2, 0.25) is 5.88 Å². The number of aldehydes is 1. The maximum atomic E-state index is 11.9. The molecule has 3 nitrogen and oxygen atoms in total. The Morgan fingerprint density at radius 1 is 1.53 bits per heavy atom. The van der Waals surface area contributed by atoms with Gasteiger partial charge in [0.25, 0.3) is 0 Å². The number of ether oxygens (including phenoxy) is 1. The minimum absolute atomic E-state index is 0.137. The van der Waals surface area contributed by atoms with Crippen LogP contribution in [0.25, 0.3) is 0 Å². The first kappa shape index (κ1) is 12.2. The Labute approximate surface area is 96.8 Å². The van der Waals surface area contributed by atoms with E-state index in [1.807, 2.05) is 0 Å². The molecule has 1 aromatic heterocycles. The van der Waals surface area contributed by atoms with Gasteiger partial charge in [-0.3, -0.25) is 4.79 Å². The first-order valence-corrected chi connectivity index (χ1v) is 4.79. The molecule has 15 heavy (non-hydrogen) atoms. The fraction of sp³-hybridized carbons (Fsp3) is 0.250. The number of rotatable bonds is 2. The van der Waals surface area contributed by atoms with Crippen LogP contribution >= 0.6 is 22.6 Å². The first-order valence-electron chi connectivity index (χ1n) is 3.71. The Bertz CT molecular complexity index is 392. The van der Waals surface area contributed by atoms with E-state index in [0.717, 1.165) is 0 Å². The van der Waals surface area contributed by atoms with E-state index < -0.39 is 12.2 Å². The maximum absolute atomic E-state index is 11.9. The summed E-state index contributed by atoms with van der Waals surface area (Å²) in [5.41, 5.74) is 0.443. The monoisotopic (exact) mass is 331 g/mol. The van der Waals surface area contributed by atoms with Gasteiger partial charge in [0.15, 0.2) is 6.29 Å². The molecule has 0 saturated heterocycles. The quantitative estimate of drug-likeness (QED) is 0.618. The lowest BCUT2D eigenvalue weighted by molar-refractivity contribution is -0.276. The van der Waals surface area contributed by atoms with E-state index in [1.165, 1.54) is 13.0 Å². The largest absolute Gasteiger partial charge is 0.574 e. The van der Waals surface area contributed by atoms with Crippen LogP contribution < -0.4 is 4.74 Å². The van der Waals surface area contributed by atoms with Crippen LogP contribution in [0.15, 0.2) is 6.07 Å². The van der Waals surface area contributed by atoms with E-state index in [2.05, 4.69) is 9.72 Å². The van der Waals surface area contributed by atoms with Crippen molar-refractivity contribution >= 4 is 28.9 Å². The van der Waals surface area contributed by atoms with Crippen LogP contribution in [0.5, 0.6) is 5.88 Å². The van der Waals surface area contributed by atoms with Crippen LogP contribution in [0.1, 0.15) is 16.1 Å². The number of halogens is 4. The summed E-state index contributed by atoms with van der Waals surface area (Å²) < 4.78 is 39.5. The molecule has 0 radical (unpaired) electrons. The smallest absolute Gasteiger partial charge is 0.387 e. The molecule has 0 saturated carbocycles. The zero-order valence-electron chi connectivity index (χ0n) is 7.43. The number of hydrogen-bond donors (Lipinski definition) is 0. The molecule has 1 rings (SSSR count). The van der Waals surface area contributed by atoms with Crippen molar-refractivity contribution in [3.05, 3.63) is 20.9 Å². The minimum Gasteiger partial charge on any atom is -0.387 e. The predicted molar refractivity (Wildman–Crippen MR) is 53.8 cm³/mol. The van der Waals surface area contributed by atoms with Gasteiger partial charge in [0.05, 0.1) is 9.26 Å². The molecule has 82 valence electrons. The lowest BCUT2D eigenvalue weighted by Gasteiger charge is -2.10. The molecule has 1 aromatic rings. The summed E-state index contributed by atoms with van der Waals surface area (Å²) in [5.74, 6) is -0.536. The number of aromatic nitrogens is 1. The molecule has 0 unspecified atom stereocenters. The second-order valence-corrected chi connectivity index (χ2v) is 3.78. The summed E-state index contributed by atoms with van der Waals surface area (Å²) in [4.78, 5) is 14.0. The molecule has 0 N–H and O–H groups in total. The topological polar surface area (TPSA) is 39.2 Å². The van der Waals surface area contributed by atoms with E-state index in [0.29, 0.717) is 6.29 Å². The van der Waals surface area contributed by atoms with Crippen molar-refractivity contribution < 1.29 is 22.7 Å². The molecule has 0 amide bonds. The van der Waals surface area contributed by atoms with Crippen LogP contribution in [0, 0.1) is 10.5 Å². The summed E-state index contributed by atoms with van der Waals surface area (Å²) in [6.45, 7) is 1.43. The van der Waals surface area contributed by atoms with Crippen molar-refractivity contribution in [1.82, 2.24) is 4.98 Å². The molecule has 0 aliphatic heterocycles. The number of carbonyl (C=O) groups is 1. The lowest BCUT2D eigenvalue weighted by Crippen LogP contribution is -2.19. The third kappa shape index (κ3) is 3.33. The van der Waals surface area contributed by atoms with Crippen LogP contribution in [0.2, 0.25) is 0 Å². The highest BCUT2D eigenvalue weighted by molar-refractivity contribution is 14.1. The van der Waals surface area contributed by atoms with Crippen LogP contribution in [0.4, 0.5) is 13.2 Å². The summed E-state index contributed by atoms with van der Waals surface area (Å²) in [6, 6.07) is 1.29. The van der Waals surface area contributed by atoms with Gasteiger partial charge in [0.1, 0.15) is 0 Å². The average Bonchev–Trinajstić information content (AvgIpc) is 2.08. The highest BCUT2D eigenvalue weighted by Gasteiger charge is 2.32. The third-order valence-electron chi connectivity index (χ3n) is 1.51. The number of alkyl halides is 3. The fourth-order valence-corrected chi connectivity index (χ4v) is 1.44. The highest BCUT2D eigenvalue weighted by atomic mass is 127. The van der Waals surface area contributed by atoms with Gasteiger partial charge in [-0.05, 0) is 35.6 Å². The van der Waals surface area contributed by atoms with Crippen molar-refractivity contribution in [2.45, 2.75) is 13.3 Å². The molecule has 0 fully saturated rings. The van der Waals surface area contributed by atoms with Crippen molar-refractivity contribution in [1.29, 1.82) is 0 Å². The van der Waals surface area contributed by atoms with Gasteiger partial charge in [-0.15, -0.1) is 13.2 Å².